The Kier molecular flexibility index (Phi) is 4.39. The van der Waals surface area contributed by atoms with E-state index in [2.05, 4.69) is 21.2 Å². The van der Waals surface area contributed by atoms with E-state index in [4.69, 9.17) is 5.73 Å². The molecular formula is C11H12BrF3N2O. The first-order chi connectivity index (χ1) is 8.17. The Bertz CT molecular complexity index is 450. The molecule has 0 aliphatic carbocycles. The van der Waals surface area contributed by atoms with Crippen LogP contribution in [0.3, 0.4) is 0 Å². The lowest BCUT2D eigenvalue weighted by atomic mass is 9.91. The minimum Gasteiger partial charge on any atom is -0.368 e. The molecule has 3 N–H and O–H groups in total. The Hall–Kier alpha value is -1.08. The molecule has 1 unspecified atom stereocenters. The van der Waals surface area contributed by atoms with Gasteiger partial charge in [0.15, 0.2) is 0 Å². The van der Waals surface area contributed by atoms with E-state index in [0.717, 1.165) is 0 Å². The highest BCUT2D eigenvalue weighted by atomic mass is 79.9. The third-order valence-corrected chi connectivity index (χ3v) is 3.24. The zero-order chi connectivity index (χ0) is 14.0. The fraction of sp³-hybridized carbons (Fsp3) is 0.364. The van der Waals surface area contributed by atoms with Crippen molar-refractivity contribution >= 4 is 21.8 Å². The van der Waals surface area contributed by atoms with Crippen molar-refractivity contribution in [2.24, 2.45) is 5.73 Å². The molecule has 0 bridgehead atoms. The van der Waals surface area contributed by atoms with Crippen LogP contribution in [0.25, 0.3) is 0 Å². The Morgan fingerprint density at radius 3 is 2.39 bits per heavy atom. The summed E-state index contributed by atoms with van der Waals surface area (Å²) in [5.74, 6) is -0.876. The van der Waals surface area contributed by atoms with Gasteiger partial charge < -0.3 is 5.73 Å². The zero-order valence-electron chi connectivity index (χ0n) is 9.51. The number of nitrogens with two attached hydrogens (primary N) is 1. The van der Waals surface area contributed by atoms with Crippen LogP contribution in [0.4, 0.5) is 13.2 Å². The van der Waals surface area contributed by atoms with Crippen LogP contribution in [0.2, 0.25) is 0 Å². The third-order valence-electron chi connectivity index (χ3n) is 2.55. The molecule has 0 spiro atoms. The van der Waals surface area contributed by atoms with Gasteiger partial charge in [-0.1, -0.05) is 34.1 Å². The van der Waals surface area contributed by atoms with Crippen LogP contribution in [0.15, 0.2) is 28.7 Å². The number of primary amides is 1. The van der Waals surface area contributed by atoms with Gasteiger partial charge in [0, 0.05) is 4.47 Å². The monoisotopic (exact) mass is 324 g/mol. The van der Waals surface area contributed by atoms with Crippen molar-refractivity contribution in [1.82, 2.24) is 5.32 Å². The molecule has 1 rings (SSSR count). The number of nitrogens with one attached hydrogen (secondary N) is 1. The zero-order valence-corrected chi connectivity index (χ0v) is 11.1. The van der Waals surface area contributed by atoms with Crippen molar-refractivity contribution in [3.05, 3.63) is 34.3 Å². The lowest BCUT2D eigenvalue weighted by molar-refractivity contribution is -0.135. The maximum absolute atomic E-state index is 12.2. The lowest BCUT2D eigenvalue weighted by Gasteiger charge is -2.29. The topological polar surface area (TPSA) is 55.1 Å². The number of hydrogen-bond donors (Lipinski definition) is 2. The Labute approximate surface area is 111 Å². The average Bonchev–Trinajstić information content (AvgIpc) is 2.25. The van der Waals surface area contributed by atoms with Crippen LogP contribution in [0.5, 0.6) is 0 Å². The van der Waals surface area contributed by atoms with Gasteiger partial charge in [0.25, 0.3) is 0 Å². The molecule has 18 heavy (non-hydrogen) atoms. The Morgan fingerprint density at radius 1 is 1.39 bits per heavy atom. The highest BCUT2D eigenvalue weighted by Gasteiger charge is 2.38. The van der Waals surface area contributed by atoms with Crippen LogP contribution in [-0.4, -0.2) is 18.6 Å². The van der Waals surface area contributed by atoms with E-state index in [9.17, 15) is 18.0 Å². The summed E-state index contributed by atoms with van der Waals surface area (Å²) in [6.45, 7) is 0.0228. The van der Waals surface area contributed by atoms with Crippen molar-refractivity contribution in [2.75, 3.05) is 6.54 Å². The van der Waals surface area contributed by atoms with E-state index in [1.165, 1.54) is 13.0 Å². The Balaban J connectivity index is 3.09. The first-order valence-corrected chi connectivity index (χ1v) is 5.83. The molecule has 1 aromatic carbocycles. The van der Waals surface area contributed by atoms with Crippen LogP contribution in [-0.2, 0) is 10.3 Å². The van der Waals surface area contributed by atoms with Crippen molar-refractivity contribution < 1.29 is 18.0 Å². The summed E-state index contributed by atoms with van der Waals surface area (Å²) in [6.07, 6.45) is -4.42. The Morgan fingerprint density at radius 2 is 1.94 bits per heavy atom. The summed E-state index contributed by atoms with van der Waals surface area (Å²) in [4.78, 5) is 11.5. The molecule has 100 valence electrons. The van der Waals surface area contributed by atoms with Crippen LogP contribution in [0, 0.1) is 0 Å². The second-order valence-corrected chi connectivity index (χ2v) is 4.79. The number of carbonyl (C=O) groups is 1. The molecule has 3 nitrogen and oxygen atoms in total. The van der Waals surface area contributed by atoms with E-state index in [-0.39, 0.29) is 0 Å². The van der Waals surface area contributed by atoms with Crippen LogP contribution < -0.4 is 11.1 Å². The number of carbonyl (C=O) groups excluding carboxylic acids is 1. The van der Waals surface area contributed by atoms with Gasteiger partial charge in [-0.05, 0) is 18.6 Å². The summed E-state index contributed by atoms with van der Waals surface area (Å²) in [6, 6.07) is 6.49. The highest BCUT2D eigenvalue weighted by molar-refractivity contribution is 9.10. The lowest BCUT2D eigenvalue weighted by Crippen LogP contribution is -2.53. The molecule has 0 saturated heterocycles. The molecule has 1 amide bonds. The minimum absolute atomic E-state index is 0.363. The van der Waals surface area contributed by atoms with Gasteiger partial charge in [0.1, 0.15) is 5.54 Å². The summed E-state index contributed by atoms with van der Waals surface area (Å²) in [7, 11) is 0. The molecule has 0 fully saturated rings. The van der Waals surface area contributed by atoms with Crippen molar-refractivity contribution in [3.8, 4) is 0 Å². The van der Waals surface area contributed by atoms with E-state index in [1.54, 1.807) is 18.2 Å². The first-order valence-electron chi connectivity index (χ1n) is 5.03. The number of amides is 1. The molecule has 0 aliphatic heterocycles. The van der Waals surface area contributed by atoms with Gasteiger partial charge in [0.2, 0.25) is 5.91 Å². The molecular weight excluding hydrogens is 313 g/mol. The second-order valence-electron chi connectivity index (χ2n) is 3.94. The van der Waals surface area contributed by atoms with E-state index >= 15 is 0 Å². The number of alkyl halides is 3. The normalized spacial score (nSPS) is 15.2. The number of halogens is 4. The molecule has 0 aliphatic rings. The fourth-order valence-corrected chi connectivity index (χ4v) is 2.14. The molecule has 1 atom stereocenters. The second kappa shape index (κ2) is 5.27. The number of rotatable bonds is 4. The van der Waals surface area contributed by atoms with Crippen LogP contribution in [0.1, 0.15) is 12.5 Å². The maximum atomic E-state index is 12.2. The predicted octanol–water partition coefficient (Wildman–Crippen LogP) is 2.30. The number of hydrogen-bond acceptors (Lipinski definition) is 2. The predicted molar refractivity (Wildman–Crippen MR) is 64.7 cm³/mol. The van der Waals surface area contributed by atoms with E-state index in [0.29, 0.717) is 10.0 Å². The average molecular weight is 325 g/mol. The largest absolute Gasteiger partial charge is 0.401 e. The highest BCUT2D eigenvalue weighted by Crippen LogP contribution is 2.29. The van der Waals surface area contributed by atoms with Crippen molar-refractivity contribution in [2.45, 2.75) is 18.6 Å². The SMILES string of the molecule is CC(NCC(F)(F)F)(C(N)=O)c1ccccc1Br. The van der Waals surface area contributed by atoms with Gasteiger partial charge in [-0.15, -0.1) is 0 Å². The van der Waals surface area contributed by atoms with Gasteiger partial charge in [-0.3, -0.25) is 10.1 Å². The molecule has 0 radical (unpaired) electrons. The standard InChI is InChI=1S/C11H12BrF3N2O/c1-10(9(16)18,17-6-11(13,14)15)7-4-2-3-5-8(7)12/h2-5,17H,6H2,1H3,(H2,16,18). The van der Waals surface area contributed by atoms with Gasteiger partial charge in [-0.2, -0.15) is 13.2 Å². The van der Waals surface area contributed by atoms with Gasteiger partial charge in [-0.25, -0.2) is 0 Å². The third kappa shape index (κ3) is 3.46. The summed E-state index contributed by atoms with van der Waals surface area (Å²) >= 11 is 3.19. The van der Waals surface area contributed by atoms with E-state index in [1.807, 2.05) is 0 Å². The minimum atomic E-state index is -4.42. The smallest absolute Gasteiger partial charge is 0.368 e. The number of benzene rings is 1. The molecule has 0 heterocycles. The van der Waals surface area contributed by atoms with Crippen LogP contribution >= 0.6 is 15.9 Å². The fourth-order valence-electron chi connectivity index (χ4n) is 1.46. The first kappa shape index (κ1) is 15.0. The van der Waals surface area contributed by atoms with E-state index < -0.39 is 24.2 Å². The van der Waals surface area contributed by atoms with Gasteiger partial charge >= 0.3 is 6.18 Å². The molecule has 1 aromatic rings. The quantitative estimate of drug-likeness (QED) is 0.893. The summed E-state index contributed by atoms with van der Waals surface area (Å²) < 4.78 is 37.2. The summed E-state index contributed by atoms with van der Waals surface area (Å²) in [5, 5.41) is 2.16. The molecule has 0 aromatic heterocycles. The maximum Gasteiger partial charge on any atom is 0.401 e. The van der Waals surface area contributed by atoms with Crippen molar-refractivity contribution in [3.63, 3.8) is 0 Å². The van der Waals surface area contributed by atoms with Crippen molar-refractivity contribution in [1.29, 1.82) is 0 Å². The molecule has 7 heteroatoms. The van der Waals surface area contributed by atoms with Gasteiger partial charge in [0.05, 0.1) is 6.54 Å². The summed E-state index contributed by atoms with van der Waals surface area (Å²) in [5.41, 5.74) is 3.99. The molecule has 0 saturated carbocycles.